The van der Waals surface area contributed by atoms with E-state index in [-0.39, 0.29) is 111 Å². The number of aromatic nitrogens is 2. The lowest BCUT2D eigenvalue weighted by molar-refractivity contribution is -0.157. The van der Waals surface area contributed by atoms with Crippen LogP contribution in [0.15, 0.2) is 74.8 Å². The summed E-state index contributed by atoms with van der Waals surface area (Å²) < 4.78 is 66.7. The number of ether oxygens (including phenoxy) is 6. The van der Waals surface area contributed by atoms with Crippen LogP contribution in [0.4, 0.5) is 0 Å². The van der Waals surface area contributed by atoms with Gasteiger partial charge in [0.2, 0.25) is 11.8 Å². The van der Waals surface area contributed by atoms with Crippen molar-refractivity contribution in [2.45, 2.75) is 247 Å². The van der Waals surface area contributed by atoms with Gasteiger partial charge in [0, 0.05) is 71.0 Å². The third-order valence-corrected chi connectivity index (χ3v) is 27.6. The summed E-state index contributed by atoms with van der Waals surface area (Å²) in [6.45, 7) is 23.6. The van der Waals surface area contributed by atoms with Crippen LogP contribution in [0.5, 0.6) is 17.2 Å². The molecule has 6 saturated carbocycles. The van der Waals surface area contributed by atoms with E-state index in [1.165, 1.54) is 37.0 Å². The second-order valence-electron chi connectivity index (χ2n) is 36.2. The van der Waals surface area contributed by atoms with E-state index in [1.807, 2.05) is 67.5 Å². The number of amides is 2. The number of aromatic amines is 1. The Morgan fingerprint density at radius 1 is 0.617 bits per heavy atom. The monoisotopic (exact) mass is 1710 g/mol. The molecule has 8 fully saturated rings. The molecule has 115 heavy (non-hydrogen) atoms. The molecule has 2 unspecified atom stereocenters. The number of likely N-dealkylation sites (tertiary alicyclic amines) is 2. The van der Waals surface area contributed by atoms with E-state index in [0.717, 1.165) is 43.5 Å². The van der Waals surface area contributed by atoms with Gasteiger partial charge in [-0.15, -0.1) is 0 Å². The summed E-state index contributed by atoms with van der Waals surface area (Å²) in [5.41, 5.74) is -0.479. The lowest BCUT2D eigenvalue weighted by Gasteiger charge is -2.35. The van der Waals surface area contributed by atoms with Crippen molar-refractivity contribution in [3.05, 3.63) is 96.8 Å². The smallest absolute Gasteiger partial charge is 0.312 e. The Morgan fingerprint density at radius 3 is 1.55 bits per heavy atom. The molecule has 23 nitrogen and oxygen atoms in total. The lowest BCUT2D eigenvalue weighted by Crippen LogP contribution is -2.48. The Hall–Kier alpha value is -7.19. The summed E-state index contributed by atoms with van der Waals surface area (Å²) in [5.74, 6) is -0.382. The molecule has 2 amide bonds. The number of benzene rings is 3. The SMILES string of the molecule is C.CC[C@@H]1C[C@]1(CC(=O)[C@@H]1C[C@@H](Oc2cc(CC(C)C)nc3c(Cl)c(OC)ccc23)CN1C(=O)[C@@H](CC(=O)OC1C[C@@H]2C[C@@H]2C1)C(C)(C)C)C(=O)O.CC[C@@H]1C[C@]1(CC(=O)[C@@H]1C[C@H](OS(=O)(=O)c2ccc(Br)cc2)CN1C(=O)[C@@H](CC(=O)OC1C[C@@H]2C[C@@H]2C1)C(C)(C)C)C(=O)OC.COc1ccc2c(=O)cc(CC(C)C)[nH]c2c1Cl. The minimum absolute atomic E-state index is 0. The summed E-state index contributed by atoms with van der Waals surface area (Å²) in [4.78, 5) is 132. The molecule has 0 radical (unpaired) electrons. The van der Waals surface area contributed by atoms with Gasteiger partial charge in [0.25, 0.3) is 10.1 Å². The number of aliphatic carboxylic acids is 1. The van der Waals surface area contributed by atoms with Gasteiger partial charge < -0.3 is 48.3 Å². The van der Waals surface area contributed by atoms with Gasteiger partial charge in [0.15, 0.2) is 17.0 Å². The highest BCUT2D eigenvalue weighted by molar-refractivity contribution is 9.10. The van der Waals surface area contributed by atoms with Crippen molar-refractivity contribution in [3.63, 3.8) is 0 Å². The maximum atomic E-state index is 14.6. The standard InChI is InChI=1S/C40H53ClN2O8.C33H44BrNO9S.C14H16ClNO2.CH4/c1-8-24-18-40(24,38(47)48)19-31(44)30-16-27(50-33-15-25(11-21(2)3)42-36-28(33)9-10-32(49-7)35(36)41)20-43(30)37(46)29(39(4,5)6)17-34(45)51-26-13-22-12-23(22)14-26;1-6-21-16-33(21,31(39)42-5)17-28(36)27-14-24(44-45(40,41)25-9-7-22(34)8-10-25)18-35(27)30(38)26(32(2,3)4)15-29(37)43-23-12-19-11-20(19)13-23;1-8(2)6-9-7-11(17)10-4-5-12(18-3)13(15)14(10)16-9;/h9-10,15,21-24,26-27,29-30H,8,11-14,16-20H2,1-7H3,(H,47,48);7-10,19-21,23-24,26-27H,6,11-18H2,1-5H3;4-5,7-8H,6H2,1-3H3,(H,16,17);1H4/t22-,23+,24-,26?,27-,29-,30+,40-;19-,20+,21-,23?,24+,26-,27+,33-;;/m11../s1. The molecule has 6 aliphatic carbocycles. The van der Waals surface area contributed by atoms with E-state index in [4.69, 9.17) is 60.8 Å². The largest absolute Gasteiger partial charge is 0.495 e. The maximum absolute atomic E-state index is 14.6. The number of carbonyl (C=O) groups is 8. The van der Waals surface area contributed by atoms with Crippen LogP contribution >= 0.6 is 39.1 Å². The fraction of sp³-hybridized carbons (Fsp3) is 0.636. The molecule has 13 rings (SSSR count). The number of carboxylic acids is 1. The highest BCUT2D eigenvalue weighted by atomic mass is 79.9. The first-order valence-corrected chi connectivity index (χ1v) is 43.4. The van der Waals surface area contributed by atoms with Gasteiger partial charge in [-0.05, 0) is 171 Å². The van der Waals surface area contributed by atoms with Crippen LogP contribution in [0.1, 0.15) is 205 Å². The quantitative estimate of drug-likeness (QED) is 0.0255. The zero-order chi connectivity index (χ0) is 83.2. The number of carbonyl (C=O) groups excluding carboxylic acids is 7. The van der Waals surface area contributed by atoms with Gasteiger partial charge in [-0.1, -0.05) is 142 Å². The van der Waals surface area contributed by atoms with Gasteiger partial charge in [0.1, 0.15) is 45.6 Å². The van der Waals surface area contributed by atoms with Crippen molar-refractivity contribution >= 4 is 118 Å². The molecule has 2 N–H and O–H groups in total. The normalized spacial score (nSPS) is 26.7. The number of pyridine rings is 2. The Kier molecular flexibility index (Phi) is 28.4. The molecule has 27 heteroatoms. The summed E-state index contributed by atoms with van der Waals surface area (Å²) in [6, 6.07) is 14.6. The number of ketones is 2. The zero-order valence-corrected chi connectivity index (χ0v) is 72.2. The third-order valence-electron chi connectivity index (χ3n) is 24.9. The first-order chi connectivity index (χ1) is 53.6. The second kappa shape index (κ2) is 36.2. The maximum Gasteiger partial charge on any atom is 0.312 e. The van der Waals surface area contributed by atoms with Crippen molar-refractivity contribution < 1.29 is 84.5 Å². The van der Waals surface area contributed by atoms with Crippen LogP contribution in [0.2, 0.25) is 10.0 Å². The van der Waals surface area contributed by atoms with Gasteiger partial charge in [-0.2, -0.15) is 8.42 Å². The van der Waals surface area contributed by atoms with E-state index >= 15 is 0 Å². The van der Waals surface area contributed by atoms with Crippen LogP contribution in [0.3, 0.4) is 0 Å². The van der Waals surface area contributed by atoms with Crippen LogP contribution in [0, 0.1) is 80.8 Å². The number of H-pyrrole nitrogens is 1. The number of nitrogens with one attached hydrogen (secondary N) is 1. The number of hydrogen-bond acceptors (Lipinski definition) is 19. The Labute approximate surface area is 695 Å². The van der Waals surface area contributed by atoms with Crippen molar-refractivity contribution in [2.24, 2.45) is 80.8 Å². The molecule has 2 aromatic heterocycles. The second-order valence-corrected chi connectivity index (χ2v) is 39.5. The first kappa shape index (κ1) is 90.1. The van der Waals surface area contributed by atoms with Gasteiger partial charge in [0.05, 0.1) is 97.5 Å². The summed E-state index contributed by atoms with van der Waals surface area (Å²) in [7, 11) is 0.187. The van der Waals surface area contributed by atoms with Crippen LogP contribution in [-0.4, -0.2) is 151 Å². The average Bonchev–Trinajstić information content (AvgIpc) is 1.59. The topological polar surface area (TPSA) is 308 Å². The van der Waals surface area contributed by atoms with E-state index in [0.29, 0.717) is 121 Å². The third kappa shape index (κ3) is 20.7. The lowest BCUT2D eigenvalue weighted by atomic mass is 9.77. The number of nitrogens with zero attached hydrogens (tertiary/aromatic N) is 3. The van der Waals surface area contributed by atoms with Gasteiger partial charge >= 0.3 is 23.9 Å². The van der Waals surface area contributed by atoms with E-state index in [2.05, 4.69) is 48.6 Å². The Balaban J connectivity index is 0.000000200. The van der Waals surface area contributed by atoms with Crippen molar-refractivity contribution in [1.82, 2.24) is 19.8 Å². The van der Waals surface area contributed by atoms with E-state index < -0.39 is 97.7 Å². The summed E-state index contributed by atoms with van der Waals surface area (Å²) in [5, 5.41) is 12.3. The molecule has 5 aromatic rings. The van der Waals surface area contributed by atoms with Crippen molar-refractivity contribution in [1.29, 1.82) is 0 Å². The molecule has 2 aliphatic heterocycles. The van der Waals surface area contributed by atoms with Crippen LogP contribution in [-0.2, 0) is 79.7 Å². The fourth-order valence-corrected chi connectivity index (χ4v) is 20.1. The number of hydrogen-bond donors (Lipinski definition) is 2. The molecule has 8 aliphatic rings. The number of carboxylic acid groups (broad SMARTS) is 1. The molecule has 0 bridgehead atoms. The molecular formula is C88H117BrCl2N4O19S. The van der Waals surface area contributed by atoms with Crippen LogP contribution < -0.4 is 19.6 Å². The minimum Gasteiger partial charge on any atom is -0.495 e. The predicted octanol–water partition coefficient (Wildman–Crippen LogP) is 16.4. The van der Waals surface area contributed by atoms with Gasteiger partial charge in [-0.25, -0.2) is 0 Å². The van der Waals surface area contributed by atoms with Gasteiger partial charge in [-0.3, -0.25) is 52.3 Å². The fourth-order valence-electron chi connectivity index (χ4n) is 18.2. The summed E-state index contributed by atoms with van der Waals surface area (Å²) in [6.07, 6.45) is 7.52. The number of Topliss-reactive ketones (excluding diaryl/α,β-unsaturated/α-hetero) is 2. The Morgan fingerprint density at radius 2 is 1.09 bits per heavy atom. The molecule has 2 saturated heterocycles. The number of methoxy groups -OCH3 is 3. The van der Waals surface area contributed by atoms with Crippen molar-refractivity contribution in [2.75, 3.05) is 34.4 Å². The number of halogens is 3. The molecule has 16 atom stereocenters. The van der Waals surface area contributed by atoms with E-state index in [9.17, 15) is 56.7 Å². The number of rotatable bonds is 29. The molecule has 3 aromatic carbocycles. The predicted molar refractivity (Wildman–Crippen MR) is 441 cm³/mol. The minimum atomic E-state index is -4.21. The highest BCUT2D eigenvalue weighted by Crippen LogP contribution is 2.60. The Bertz CT molecular complexity index is 4630. The first-order valence-electron chi connectivity index (χ1n) is 40.4. The summed E-state index contributed by atoms with van der Waals surface area (Å²) >= 11 is 16.3. The zero-order valence-electron chi connectivity index (χ0n) is 68.3. The molecule has 0 spiro atoms. The number of esters is 3. The molecular weight excluding hydrogens is 1600 g/mol. The molecule has 4 heterocycles. The highest BCUT2D eigenvalue weighted by Gasteiger charge is 2.63. The van der Waals surface area contributed by atoms with E-state index in [1.54, 1.807) is 55.5 Å². The molecule has 630 valence electrons. The number of fused-ring (bicyclic) bond motifs is 4. The van der Waals surface area contributed by atoms with Crippen molar-refractivity contribution in [3.8, 4) is 17.2 Å². The van der Waals surface area contributed by atoms with Crippen LogP contribution in [0.25, 0.3) is 21.8 Å². The average molecular weight is 1720 g/mol.